The zero-order valence-electron chi connectivity index (χ0n) is 11.2. The van der Waals surface area contributed by atoms with E-state index >= 15 is 0 Å². The third-order valence-corrected chi connectivity index (χ3v) is 2.99. The molecular weight excluding hydrogens is 281 g/mol. The Labute approximate surface area is 121 Å². The van der Waals surface area contributed by atoms with Gasteiger partial charge in [0.1, 0.15) is 11.5 Å². The first-order chi connectivity index (χ1) is 9.52. The van der Waals surface area contributed by atoms with Crippen molar-refractivity contribution in [3.05, 3.63) is 46.8 Å². The van der Waals surface area contributed by atoms with Gasteiger partial charge in [0, 0.05) is 12.5 Å². The molecule has 0 bridgehead atoms. The molecule has 1 heterocycles. The molecule has 0 fully saturated rings. The van der Waals surface area contributed by atoms with Gasteiger partial charge < -0.3 is 10.5 Å². The smallest absolute Gasteiger partial charge is 0.184 e. The summed E-state index contributed by atoms with van der Waals surface area (Å²) in [5.41, 5.74) is 6.18. The molecule has 2 aromatic rings. The number of nitrogens with two attached hydrogens (primary N) is 1. The minimum absolute atomic E-state index is 0.00322. The second-order valence-electron chi connectivity index (χ2n) is 4.55. The number of halogens is 2. The highest BCUT2D eigenvalue weighted by Crippen LogP contribution is 2.30. The maximum atomic E-state index is 13.8. The summed E-state index contributed by atoms with van der Waals surface area (Å²) in [5.74, 6) is 0.581. The molecule has 0 unspecified atom stereocenters. The highest BCUT2D eigenvalue weighted by atomic mass is 35.5. The summed E-state index contributed by atoms with van der Waals surface area (Å²) in [4.78, 5) is 8.51. The predicted molar refractivity (Wildman–Crippen MR) is 75.5 cm³/mol. The number of rotatable bonds is 4. The average molecular weight is 296 g/mol. The third kappa shape index (κ3) is 3.05. The first-order valence-electron chi connectivity index (χ1n) is 6.20. The zero-order valence-corrected chi connectivity index (χ0v) is 12.0. The molecule has 1 aromatic heterocycles. The van der Waals surface area contributed by atoms with Gasteiger partial charge in [0.25, 0.3) is 0 Å². The van der Waals surface area contributed by atoms with Crippen molar-refractivity contribution in [2.24, 2.45) is 5.73 Å². The fourth-order valence-electron chi connectivity index (χ4n) is 1.61. The van der Waals surface area contributed by atoms with E-state index in [0.717, 1.165) is 0 Å². The van der Waals surface area contributed by atoms with E-state index in [1.54, 1.807) is 6.07 Å². The fraction of sp³-hybridized carbons (Fsp3) is 0.286. The normalized spacial score (nSPS) is 10.9. The number of aromatic nitrogens is 2. The maximum absolute atomic E-state index is 13.8. The van der Waals surface area contributed by atoms with Crippen LogP contribution in [0.5, 0.6) is 11.5 Å². The van der Waals surface area contributed by atoms with Gasteiger partial charge in [0.2, 0.25) is 0 Å². The molecule has 0 atom stereocenters. The summed E-state index contributed by atoms with van der Waals surface area (Å²) in [6.45, 7) is 4.14. The quantitative estimate of drug-likeness (QED) is 0.935. The van der Waals surface area contributed by atoms with Gasteiger partial charge in [-0.1, -0.05) is 31.5 Å². The van der Waals surface area contributed by atoms with Crippen LogP contribution < -0.4 is 10.5 Å². The number of hydrogen-bond donors (Lipinski definition) is 1. The molecule has 0 saturated heterocycles. The van der Waals surface area contributed by atoms with Crippen LogP contribution in [0.2, 0.25) is 5.02 Å². The first-order valence-corrected chi connectivity index (χ1v) is 6.58. The van der Waals surface area contributed by atoms with Crippen LogP contribution in [0, 0.1) is 5.82 Å². The molecule has 2 rings (SSSR count). The van der Waals surface area contributed by atoms with E-state index in [-0.39, 0.29) is 23.2 Å². The Hall–Kier alpha value is -1.72. The highest BCUT2D eigenvalue weighted by molar-refractivity contribution is 6.30. The van der Waals surface area contributed by atoms with Gasteiger partial charge in [-0.15, -0.1) is 0 Å². The number of benzene rings is 1. The van der Waals surface area contributed by atoms with Crippen LogP contribution in [0.4, 0.5) is 4.39 Å². The second-order valence-corrected chi connectivity index (χ2v) is 4.96. The molecule has 0 amide bonds. The van der Waals surface area contributed by atoms with Crippen LogP contribution in [-0.4, -0.2) is 9.97 Å². The molecule has 0 spiro atoms. The van der Waals surface area contributed by atoms with Gasteiger partial charge in [-0.25, -0.2) is 14.4 Å². The monoisotopic (exact) mass is 295 g/mol. The largest absolute Gasteiger partial charge is 0.451 e. The van der Waals surface area contributed by atoms with Crippen molar-refractivity contribution in [1.82, 2.24) is 9.97 Å². The Morgan fingerprint density at radius 3 is 2.75 bits per heavy atom. The van der Waals surface area contributed by atoms with E-state index in [9.17, 15) is 4.39 Å². The van der Waals surface area contributed by atoms with Crippen LogP contribution in [0.1, 0.15) is 31.3 Å². The summed E-state index contributed by atoms with van der Waals surface area (Å²) in [6, 6.07) is 4.54. The van der Waals surface area contributed by atoms with Crippen molar-refractivity contribution in [1.29, 1.82) is 0 Å². The average Bonchev–Trinajstić information content (AvgIpc) is 2.44. The van der Waals surface area contributed by atoms with E-state index in [4.69, 9.17) is 22.1 Å². The molecule has 0 radical (unpaired) electrons. The lowest BCUT2D eigenvalue weighted by Gasteiger charge is -2.12. The number of hydrogen-bond acceptors (Lipinski definition) is 4. The summed E-state index contributed by atoms with van der Waals surface area (Å²) in [5, 5.41) is -0.00322. The van der Waals surface area contributed by atoms with E-state index < -0.39 is 5.82 Å². The van der Waals surface area contributed by atoms with E-state index in [1.807, 2.05) is 13.8 Å². The van der Waals surface area contributed by atoms with Crippen molar-refractivity contribution in [2.45, 2.75) is 26.3 Å². The Morgan fingerprint density at radius 1 is 1.35 bits per heavy atom. The Balaban J connectivity index is 2.36. The van der Waals surface area contributed by atoms with E-state index in [1.165, 1.54) is 18.3 Å². The van der Waals surface area contributed by atoms with Gasteiger partial charge >= 0.3 is 0 Å². The van der Waals surface area contributed by atoms with Crippen molar-refractivity contribution in [3.8, 4) is 11.5 Å². The van der Waals surface area contributed by atoms with Crippen LogP contribution >= 0.6 is 11.6 Å². The second kappa shape index (κ2) is 6.15. The highest BCUT2D eigenvalue weighted by Gasteiger charge is 2.13. The lowest BCUT2D eigenvalue weighted by molar-refractivity contribution is 0.432. The lowest BCUT2D eigenvalue weighted by atomic mass is 10.2. The molecule has 0 aliphatic heterocycles. The van der Waals surface area contributed by atoms with Crippen molar-refractivity contribution >= 4 is 11.6 Å². The van der Waals surface area contributed by atoms with Gasteiger partial charge in [-0.3, -0.25) is 0 Å². The SMILES string of the molecule is CC(C)c1ncc(Oc2cccc(Cl)c2F)c(CN)n1. The lowest BCUT2D eigenvalue weighted by Crippen LogP contribution is -2.08. The van der Waals surface area contributed by atoms with Gasteiger partial charge in [-0.05, 0) is 12.1 Å². The molecular formula is C14H15ClFN3O. The maximum Gasteiger partial charge on any atom is 0.184 e. The molecule has 4 nitrogen and oxygen atoms in total. The van der Waals surface area contributed by atoms with Crippen LogP contribution in [0.15, 0.2) is 24.4 Å². The fourth-order valence-corrected chi connectivity index (χ4v) is 1.78. The zero-order chi connectivity index (χ0) is 14.7. The standard InChI is InChI=1S/C14H15ClFN3O/c1-8(2)14-18-7-12(10(6-17)19-14)20-11-5-3-4-9(15)13(11)16/h3-5,7-8H,6,17H2,1-2H3. The summed E-state index contributed by atoms with van der Waals surface area (Å²) < 4.78 is 19.3. The summed E-state index contributed by atoms with van der Waals surface area (Å²) in [7, 11) is 0. The predicted octanol–water partition coefficient (Wildman–Crippen LogP) is 3.64. The van der Waals surface area contributed by atoms with Crippen molar-refractivity contribution < 1.29 is 9.13 Å². The Kier molecular flexibility index (Phi) is 4.52. The third-order valence-electron chi connectivity index (χ3n) is 2.69. The minimum Gasteiger partial charge on any atom is -0.451 e. The number of ether oxygens (including phenoxy) is 1. The molecule has 20 heavy (non-hydrogen) atoms. The molecule has 0 aliphatic rings. The van der Waals surface area contributed by atoms with E-state index in [0.29, 0.717) is 17.3 Å². The van der Waals surface area contributed by atoms with Crippen LogP contribution in [0.3, 0.4) is 0 Å². The molecule has 1 aromatic carbocycles. The van der Waals surface area contributed by atoms with Crippen molar-refractivity contribution in [2.75, 3.05) is 0 Å². The van der Waals surface area contributed by atoms with E-state index in [2.05, 4.69) is 9.97 Å². The Morgan fingerprint density at radius 2 is 2.10 bits per heavy atom. The van der Waals surface area contributed by atoms with Crippen LogP contribution in [0.25, 0.3) is 0 Å². The van der Waals surface area contributed by atoms with Crippen LogP contribution in [-0.2, 0) is 6.54 Å². The van der Waals surface area contributed by atoms with Gasteiger partial charge in [0.05, 0.1) is 11.2 Å². The molecule has 106 valence electrons. The summed E-state index contributed by atoms with van der Waals surface area (Å²) >= 11 is 5.71. The topological polar surface area (TPSA) is 61.0 Å². The molecule has 0 saturated carbocycles. The molecule has 2 N–H and O–H groups in total. The first kappa shape index (κ1) is 14.7. The summed E-state index contributed by atoms with van der Waals surface area (Å²) in [6.07, 6.45) is 1.50. The van der Waals surface area contributed by atoms with Gasteiger partial charge in [-0.2, -0.15) is 0 Å². The minimum atomic E-state index is -0.620. The Bertz CT molecular complexity index is 619. The van der Waals surface area contributed by atoms with Gasteiger partial charge in [0.15, 0.2) is 17.3 Å². The van der Waals surface area contributed by atoms with Crippen molar-refractivity contribution in [3.63, 3.8) is 0 Å². The number of nitrogens with zero attached hydrogens (tertiary/aromatic N) is 2. The molecule has 6 heteroatoms. The molecule has 0 aliphatic carbocycles.